The third kappa shape index (κ3) is 3.48. The van der Waals surface area contributed by atoms with Crippen molar-refractivity contribution in [2.45, 2.75) is 32.8 Å². The van der Waals surface area contributed by atoms with Crippen molar-refractivity contribution in [3.8, 4) is 0 Å². The van der Waals surface area contributed by atoms with Gasteiger partial charge >= 0.3 is 0 Å². The summed E-state index contributed by atoms with van der Waals surface area (Å²) in [4.78, 5) is 18.8. The number of benzene rings is 1. The average Bonchev–Trinajstić information content (AvgIpc) is 2.92. The number of carbonyl (C=O) groups excluding carboxylic acids is 1. The van der Waals surface area contributed by atoms with Crippen LogP contribution in [0.1, 0.15) is 45.4 Å². The minimum Gasteiger partial charge on any atom is -0.388 e. The number of rotatable bonds is 5. The van der Waals surface area contributed by atoms with Crippen molar-refractivity contribution in [2.24, 2.45) is 0 Å². The molecule has 0 bridgehead atoms. The number of hydrogen-bond donors (Lipinski definition) is 1. The summed E-state index contributed by atoms with van der Waals surface area (Å²) in [5, 5.41) is 10.5. The molecule has 136 valence electrons. The molecule has 2 heterocycles. The highest BCUT2D eigenvalue weighted by molar-refractivity contribution is 5.95. The first-order valence-electron chi connectivity index (χ1n) is 8.81. The average molecular weight is 351 g/mol. The van der Waals surface area contributed by atoms with Gasteiger partial charge in [0.05, 0.1) is 17.4 Å². The number of hydrogen-bond acceptors (Lipinski definition) is 3. The summed E-state index contributed by atoms with van der Waals surface area (Å²) in [7, 11) is 3.50. The number of fused-ring (bicyclic) bond motifs is 1. The van der Waals surface area contributed by atoms with Gasteiger partial charge in [0.15, 0.2) is 0 Å². The van der Waals surface area contributed by atoms with Gasteiger partial charge in [0, 0.05) is 26.0 Å². The highest BCUT2D eigenvalue weighted by Gasteiger charge is 2.18. The molecule has 2 aromatic heterocycles. The first-order chi connectivity index (χ1) is 12.4. The molecule has 0 aliphatic carbocycles. The van der Waals surface area contributed by atoms with E-state index in [0.717, 1.165) is 28.2 Å². The van der Waals surface area contributed by atoms with Crippen LogP contribution in [-0.2, 0) is 6.42 Å². The van der Waals surface area contributed by atoms with Crippen LogP contribution in [0, 0.1) is 13.8 Å². The Morgan fingerprint density at radius 3 is 2.58 bits per heavy atom. The van der Waals surface area contributed by atoms with Gasteiger partial charge in [-0.1, -0.05) is 30.3 Å². The van der Waals surface area contributed by atoms with Gasteiger partial charge in [-0.3, -0.25) is 4.79 Å². The highest BCUT2D eigenvalue weighted by atomic mass is 16.3. The summed E-state index contributed by atoms with van der Waals surface area (Å²) in [6.45, 7) is 3.96. The second-order valence-electron chi connectivity index (χ2n) is 6.89. The summed E-state index contributed by atoms with van der Waals surface area (Å²) in [6, 6.07) is 11.6. The van der Waals surface area contributed by atoms with Crippen LogP contribution in [0.4, 0.5) is 0 Å². The molecular formula is C21H25N3O2. The summed E-state index contributed by atoms with van der Waals surface area (Å²) in [5.41, 5.74) is 5.28. The topological polar surface area (TPSA) is 57.8 Å². The Morgan fingerprint density at radius 1 is 1.23 bits per heavy atom. The van der Waals surface area contributed by atoms with Crippen LogP contribution in [0.15, 0.2) is 42.6 Å². The molecule has 0 fully saturated rings. The maximum absolute atomic E-state index is 12.7. The SMILES string of the molecule is Cc1nc2cc(CC[C@@H](O)c3ccccc3)c(C(=O)N(C)C)cn2c1C. The van der Waals surface area contributed by atoms with Crippen molar-refractivity contribution in [3.63, 3.8) is 0 Å². The number of nitrogens with zero attached hydrogens (tertiary/aromatic N) is 3. The minimum atomic E-state index is -0.557. The van der Waals surface area contributed by atoms with E-state index in [1.165, 1.54) is 0 Å². The zero-order chi connectivity index (χ0) is 18.8. The van der Waals surface area contributed by atoms with E-state index in [4.69, 9.17) is 0 Å². The number of aliphatic hydroxyl groups excluding tert-OH is 1. The smallest absolute Gasteiger partial charge is 0.255 e. The lowest BCUT2D eigenvalue weighted by atomic mass is 9.98. The fraction of sp³-hybridized carbons (Fsp3) is 0.333. The molecule has 0 aliphatic heterocycles. The molecule has 0 radical (unpaired) electrons. The Balaban J connectivity index is 1.95. The molecule has 3 aromatic rings. The molecule has 26 heavy (non-hydrogen) atoms. The second-order valence-corrected chi connectivity index (χ2v) is 6.89. The van der Waals surface area contributed by atoms with Gasteiger partial charge in [-0.05, 0) is 43.9 Å². The molecule has 1 N–H and O–H groups in total. The van der Waals surface area contributed by atoms with Crippen molar-refractivity contribution in [3.05, 3.63) is 70.7 Å². The van der Waals surface area contributed by atoms with Crippen LogP contribution in [0.3, 0.4) is 0 Å². The van der Waals surface area contributed by atoms with Gasteiger partial charge in [-0.15, -0.1) is 0 Å². The normalized spacial score (nSPS) is 12.3. The van der Waals surface area contributed by atoms with Crippen molar-refractivity contribution in [2.75, 3.05) is 14.1 Å². The Morgan fingerprint density at radius 2 is 1.92 bits per heavy atom. The van der Waals surface area contributed by atoms with Gasteiger partial charge < -0.3 is 14.4 Å². The van der Waals surface area contributed by atoms with Crippen LogP contribution < -0.4 is 0 Å². The molecule has 0 saturated carbocycles. The fourth-order valence-electron chi connectivity index (χ4n) is 3.14. The zero-order valence-electron chi connectivity index (χ0n) is 15.7. The third-order valence-electron chi connectivity index (χ3n) is 4.83. The molecule has 3 rings (SSSR count). The number of pyridine rings is 1. The van der Waals surface area contributed by atoms with Crippen molar-refractivity contribution >= 4 is 11.6 Å². The number of aromatic nitrogens is 2. The molecular weight excluding hydrogens is 326 g/mol. The minimum absolute atomic E-state index is 0.0400. The fourth-order valence-corrected chi connectivity index (χ4v) is 3.14. The maximum Gasteiger partial charge on any atom is 0.255 e. The molecule has 5 heteroatoms. The van der Waals surface area contributed by atoms with Crippen LogP contribution in [0.2, 0.25) is 0 Å². The lowest BCUT2D eigenvalue weighted by molar-refractivity contribution is 0.0825. The van der Waals surface area contributed by atoms with Crippen LogP contribution >= 0.6 is 0 Å². The highest BCUT2D eigenvalue weighted by Crippen LogP contribution is 2.23. The maximum atomic E-state index is 12.7. The Kier molecular flexibility index (Phi) is 5.09. The Hall–Kier alpha value is -2.66. The molecule has 0 spiro atoms. The van der Waals surface area contributed by atoms with Crippen LogP contribution in [-0.4, -0.2) is 39.4 Å². The van der Waals surface area contributed by atoms with Gasteiger partial charge in [0.2, 0.25) is 0 Å². The van der Waals surface area contributed by atoms with E-state index in [-0.39, 0.29) is 5.91 Å². The van der Waals surface area contributed by atoms with E-state index in [2.05, 4.69) is 4.98 Å². The van der Waals surface area contributed by atoms with E-state index < -0.39 is 6.10 Å². The summed E-state index contributed by atoms with van der Waals surface area (Å²) in [5.74, 6) is -0.0400. The van der Waals surface area contributed by atoms with E-state index in [0.29, 0.717) is 18.4 Å². The van der Waals surface area contributed by atoms with Gasteiger partial charge in [0.1, 0.15) is 5.65 Å². The van der Waals surface area contributed by atoms with Gasteiger partial charge in [-0.2, -0.15) is 0 Å². The third-order valence-corrected chi connectivity index (χ3v) is 4.83. The molecule has 0 aliphatic rings. The van der Waals surface area contributed by atoms with E-state index in [1.807, 2.05) is 60.8 Å². The van der Waals surface area contributed by atoms with E-state index in [1.54, 1.807) is 19.0 Å². The zero-order valence-corrected chi connectivity index (χ0v) is 15.7. The Labute approximate surface area is 153 Å². The number of carbonyl (C=O) groups is 1. The monoisotopic (exact) mass is 351 g/mol. The van der Waals surface area contributed by atoms with Crippen molar-refractivity contribution in [1.29, 1.82) is 0 Å². The second kappa shape index (κ2) is 7.30. The molecule has 1 aromatic carbocycles. The Bertz CT molecular complexity index is 929. The van der Waals surface area contributed by atoms with Crippen LogP contribution in [0.5, 0.6) is 0 Å². The number of aryl methyl sites for hydroxylation is 3. The molecule has 1 amide bonds. The quantitative estimate of drug-likeness (QED) is 0.767. The number of amides is 1. The van der Waals surface area contributed by atoms with Crippen molar-refractivity contribution in [1.82, 2.24) is 14.3 Å². The number of aliphatic hydroxyl groups is 1. The van der Waals surface area contributed by atoms with E-state index >= 15 is 0 Å². The van der Waals surface area contributed by atoms with E-state index in [9.17, 15) is 9.90 Å². The van der Waals surface area contributed by atoms with Gasteiger partial charge in [-0.25, -0.2) is 4.98 Å². The van der Waals surface area contributed by atoms with Crippen LogP contribution in [0.25, 0.3) is 5.65 Å². The summed E-state index contributed by atoms with van der Waals surface area (Å²) >= 11 is 0. The summed E-state index contributed by atoms with van der Waals surface area (Å²) < 4.78 is 1.96. The first-order valence-corrected chi connectivity index (χ1v) is 8.81. The molecule has 5 nitrogen and oxygen atoms in total. The predicted molar refractivity (Wildman–Crippen MR) is 102 cm³/mol. The summed E-state index contributed by atoms with van der Waals surface area (Å²) in [6.07, 6.45) is 2.47. The predicted octanol–water partition coefficient (Wildman–Crippen LogP) is 3.32. The standard InChI is InChI=1S/C21H25N3O2/c1-14-15(2)24-13-18(21(26)23(3)4)17(12-20(24)22-14)10-11-19(25)16-8-6-5-7-9-16/h5-9,12-13,19,25H,10-11H2,1-4H3/t19-/m1/s1. The largest absolute Gasteiger partial charge is 0.388 e. The molecule has 0 saturated heterocycles. The first kappa shape index (κ1) is 18.1. The number of imidazole rings is 1. The lowest BCUT2D eigenvalue weighted by Gasteiger charge is -2.16. The van der Waals surface area contributed by atoms with Crippen molar-refractivity contribution < 1.29 is 9.90 Å². The van der Waals surface area contributed by atoms with Gasteiger partial charge in [0.25, 0.3) is 5.91 Å². The molecule has 0 unspecified atom stereocenters. The lowest BCUT2D eigenvalue weighted by Crippen LogP contribution is -2.23. The molecule has 1 atom stereocenters.